The molecule has 34 heavy (non-hydrogen) atoms. The zero-order valence-corrected chi connectivity index (χ0v) is 20.4. The maximum atomic E-state index is 13.2. The van der Waals surface area contributed by atoms with E-state index < -0.39 is 17.7 Å². The minimum Gasteiger partial charge on any atom is -0.507 e. The smallest absolute Gasteiger partial charge is 0.295 e. The summed E-state index contributed by atoms with van der Waals surface area (Å²) in [5, 5.41) is 13.2. The number of ether oxygens (including phenoxy) is 2. The van der Waals surface area contributed by atoms with Gasteiger partial charge >= 0.3 is 0 Å². The topological polar surface area (TPSA) is 76.1 Å². The van der Waals surface area contributed by atoms with Crippen LogP contribution in [0, 0.1) is 6.92 Å². The van der Waals surface area contributed by atoms with Gasteiger partial charge in [0.05, 0.1) is 24.8 Å². The third-order valence-electron chi connectivity index (χ3n) is 5.65. The lowest BCUT2D eigenvalue weighted by molar-refractivity contribution is -0.140. The van der Waals surface area contributed by atoms with Crippen LogP contribution in [0.4, 0.5) is 0 Å². The lowest BCUT2D eigenvalue weighted by Crippen LogP contribution is -2.28. The summed E-state index contributed by atoms with van der Waals surface area (Å²) in [4.78, 5) is 28.7. The summed E-state index contributed by atoms with van der Waals surface area (Å²) in [7, 11) is 1.58. The highest BCUT2D eigenvalue weighted by Gasteiger charge is 2.46. The number of carbonyl (C=O) groups excluding carboxylic acids is 2. The number of thiophene rings is 1. The van der Waals surface area contributed by atoms with Crippen LogP contribution in [-0.4, -0.2) is 34.9 Å². The predicted octanol–water partition coefficient (Wildman–Crippen LogP) is 5.47. The van der Waals surface area contributed by atoms with E-state index in [2.05, 4.69) is 0 Å². The molecule has 0 aliphatic carbocycles. The van der Waals surface area contributed by atoms with Gasteiger partial charge in [-0.25, -0.2) is 0 Å². The van der Waals surface area contributed by atoms with E-state index in [1.165, 1.54) is 16.2 Å². The first kappa shape index (κ1) is 23.6. The largest absolute Gasteiger partial charge is 0.507 e. The number of methoxy groups -OCH3 is 1. The molecule has 0 bridgehead atoms. The zero-order chi connectivity index (χ0) is 24.4. The van der Waals surface area contributed by atoms with Crippen LogP contribution in [0.3, 0.4) is 0 Å². The van der Waals surface area contributed by atoms with Crippen molar-refractivity contribution in [1.82, 2.24) is 4.90 Å². The molecule has 2 heterocycles. The highest BCUT2D eigenvalue weighted by Crippen LogP contribution is 2.42. The summed E-state index contributed by atoms with van der Waals surface area (Å²) in [6.45, 7) is 5.98. The van der Waals surface area contributed by atoms with Gasteiger partial charge < -0.3 is 19.5 Å². The molecule has 1 unspecified atom stereocenters. The Hall–Kier alpha value is -3.58. The van der Waals surface area contributed by atoms with Crippen molar-refractivity contribution in [2.45, 2.75) is 39.5 Å². The van der Waals surface area contributed by atoms with Gasteiger partial charge in [0.2, 0.25) is 0 Å². The normalized spacial score (nSPS) is 17.4. The molecule has 1 aliphatic heterocycles. The van der Waals surface area contributed by atoms with Crippen LogP contribution in [0.25, 0.3) is 5.76 Å². The number of nitrogens with zero attached hydrogens (tertiary/aromatic N) is 1. The number of hydrogen-bond donors (Lipinski definition) is 1. The van der Waals surface area contributed by atoms with Gasteiger partial charge in [-0.05, 0) is 73.7 Å². The van der Waals surface area contributed by atoms with Crippen LogP contribution < -0.4 is 9.47 Å². The molecule has 176 valence electrons. The molecule has 0 saturated carbocycles. The van der Waals surface area contributed by atoms with Crippen molar-refractivity contribution >= 4 is 28.8 Å². The summed E-state index contributed by atoms with van der Waals surface area (Å²) >= 11 is 1.44. The first-order valence-electron chi connectivity index (χ1n) is 11.0. The van der Waals surface area contributed by atoms with Crippen LogP contribution in [0.5, 0.6) is 11.5 Å². The van der Waals surface area contributed by atoms with E-state index in [0.29, 0.717) is 17.1 Å². The zero-order valence-electron chi connectivity index (χ0n) is 19.6. The van der Waals surface area contributed by atoms with Crippen LogP contribution >= 0.6 is 11.3 Å². The number of aliphatic hydroxyl groups excluding tert-OH is 1. The monoisotopic (exact) mass is 477 g/mol. The third-order valence-corrected chi connectivity index (χ3v) is 6.58. The Kier molecular flexibility index (Phi) is 6.75. The third kappa shape index (κ3) is 4.56. The summed E-state index contributed by atoms with van der Waals surface area (Å²) in [5.74, 6) is -0.150. The van der Waals surface area contributed by atoms with Crippen LogP contribution in [-0.2, 0) is 16.1 Å². The number of hydrogen-bond acceptors (Lipinski definition) is 6. The standard InChI is InChI=1S/C27H27NO5S/c1-16(2)33-21-11-10-19(13-17(21)3)25(29)23-24(22-9-6-12-34-22)28(27(31)26(23)30)15-18-7-5-8-20(14-18)32-4/h5-14,16,24,29H,15H2,1-4H3/b25-23-. The Morgan fingerprint density at radius 1 is 1.12 bits per heavy atom. The molecule has 1 amide bonds. The first-order chi connectivity index (χ1) is 16.3. The molecule has 1 aromatic heterocycles. The van der Waals surface area contributed by atoms with E-state index in [4.69, 9.17) is 9.47 Å². The fourth-order valence-electron chi connectivity index (χ4n) is 4.09. The second kappa shape index (κ2) is 9.73. The van der Waals surface area contributed by atoms with Crippen LogP contribution in [0.15, 0.2) is 65.6 Å². The Balaban J connectivity index is 1.78. The van der Waals surface area contributed by atoms with Crippen molar-refractivity contribution in [2.24, 2.45) is 0 Å². The number of ketones is 1. The molecule has 4 rings (SSSR count). The SMILES string of the molecule is COc1cccc(CN2C(=O)C(=O)/C(=C(\O)c3ccc(OC(C)C)c(C)c3)C2c2cccs2)c1. The van der Waals surface area contributed by atoms with E-state index in [1.54, 1.807) is 25.3 Å². The number of aliphatic hydroxyl groups is 1. The molecule has 3 aromatic rings. The number of amides is 1. The second-order valence-electron chi connectivity index (χ2n) is 8.44. The van der Waals surface area contributed by atoms with Crippen LogP contribution in [0.2, 0.25) is 0 Å². The van der Waals surface area contributed by atoms with Crippen molar-refractivity contribution in [1.29, 1.82) is 0 Å². The van der Waals surface area contributed by atoms with Crippen LogP contribution in [0.1, 0.15) is 41.5 Å². The summed E-state index contributed by atoms with van der Waals surface area (Å²) in [6, 6.07) is 15.7. The number of rotatable bonds is 7. The number of aryl methyl sites for hydroxylation is 1. The van der Waals surface area contributed by atoms with Gasteiger partial charge in [-0.2, -0.15) is 0 Å². The number of benzene rings is 2. The molecular weight excluding hydrogens is 450 g/mol. The van der Waals surface area contributed by atoms with E-state index in [0.717, 1.165) is 16.0 Å². The van der Waals surface area contributed by atoms with Gasteiger partial charge in [-0.1, -0.05) is 18.2 Å². The van der Waals surface area contributed by atoms with Gasteiger partial charge in [0.15, 0.2) is 0 Å². The summed E-state index contributed by atoms with van der Waals surface area (Å²) in [6.07, 6.45) is 0.0129. The molecule has 1 aliphatic rings. The Bertz CT molecular complexity index is 1250. The van der Waals surface area contributed by atoms with E-state index in [-0.39, 0.29) is 24.0 Å². The molecule has 0 radical (unpaired) electrons. The van der Waals surface area contributed by atoms with Gasteiger partial charge in [0.1, 0.15) is 17.3 Å². The highest BCUT2D eigenvalue weighted by molar-refractivity contribution is 7.10. The molecule has 1 N–H and O–H groups in total. The molecular formula is C27H27NO5S. The minimum absolute atomic E-state index is 0.0129. The molecule has 1 atom stereocenters. The minimum atomic E-state index is -0.695. The van der Waals surface area contributed by atoms with Gasteiger partial charge in [-0.15, -0.1) is 11.3 Å². The quantitative estimate of drug-likeness (QED) is 0.277. The molecule has 1 saturated heterocycles. The molecule has 0 spiro atoms. The van der Waals surface area contributed by atoms with Crippen molar-refractivity contribution in [2.75, 3.05) is 7.11 Å². The van der Waals surface area contributed by atoms with Gasteiger partial charge in [-0.3, -0.25) is 9.59 Å². The number of carbonyl (C=O) groups is 2. The Morgan fingerprint density at radius 3 is 2.56 bits per heavy atom. The summed E-state index contributed by atoms with van der Waals surface area (Å²) in [5.41, 5.74) is 2.21. The van der Waals surface area contributed by atoms with Gasteiger partial charge in [0, 0.05) is 17.0 Å². The average molecular weight is 478 g/mol. The maximum absolute atomic E-state index is 13.2. The molecule has 1 fully saturated rings. The lowest BCUT2D eigenvalue weighted by atomic mass is 9.98. The van der Waals surface area contributed by atoms with Crippen molar-refractivity contribution in [3.05, 3.63) is 87.1 Å². The summed E-state index contributed by atoms with van der Waals surface area (Å²) < 4.78 is 11.1. The van der Waals surface area contributed by atoms with Crippen molar-refractivity contribution in [3.63, 3.8) is 0 Å². The van der Waals surface area contributed by atoms with E-state index in [9.17, 15) is 14.7 Å². The van der Waals surface area contributed by atoms with E-state index in [1.807, 2.05) is 62.5 Å². The predicted molar refractivity (Wildman–Crippen MR) is 132 cm³/mol. The fraction of sp³-hybridized carbons (Fsp3) is 0.259. The first-order valence-corrected chi connectivity index (χ1v) is 11.9. The van der Waals surface area contributed by atoms with Crippen molar-refractivity contribution < 1.29 is 24.2 Å². The second-order valence-corrected chi connectivity index (χ2v) is 9.42. The average Bonchev–Trinajstić information content (AvgIpc) is 3.42. The molecule has 7 heteroatoms. The fourth-order valence-corrected chi connectivity index (χ4v) is 4.94. The lowest BCUT2D eigenvalue weighted by Gasteiger charge is -2.24. The van der Waals surface area contributed by atoms with Crippen molar-refractivity contribution in [3.8, 4) is 11.5 Å². The Labute approximate surface area is 203 Å². The van der Waals surface area contributed by atoms with E-state index >= 15 is 0 Å². The number of Topliss-reactive ketones (excluding diaryl/α,β-unsaturated/α-hetero) is 1. The molecule has 2 aromatic carbocycles. The molecule has 6 nitrogen and oxygen atoms in total. The maximum Gasteiger partial charge on any atom is 0.295 e. The van der Waals surface area contributed by atoms with Gasteiger partial charge in [0.25, 0.3) is 11.7 Å². The highest BCUT2D eigenvalue weighted by atomic mass is 32.1. The Morgan fingerprint density at radius 2 is 1.91 bits per heavy atom. The number of likely N-dealkylation sites (tertiary alicyclic amines) is 1.